The van der Waals surface area contributed by atoms with E-state index in [1.807, 2.05) is 13.8 Å². The third kappa shape index (κ3) is 5.88. The minimum atomic E-state index is -0.678. The van der Waals surface area contributed by atoms with Crippen molar-refractivity contribution in [3.8, 4) is 0 Å². The van der Waals surface area contributed by atoms with Crippen LogP contribution in [-0.2, 0) is 9.53 Å². The lowest BCUT2D eigenvalue weighted by atomic mass is 10.0. The van der Waals surface area contributed by atoms with Crippen molar-refractivity contribution in [1.82, 2.24) is 5.32 Å². The largest absolute Gasteiger partial charge is 0.452 e. The van der Waals surface area contributed by atoms with E-state index in [0.717, 1.165) is 0 Å². The van der Waals surface area contributed by atoms with Crippen molar-refractivity contribution in [1.29, 1.82) is 0 Å². The molecule has 0 unspecified atom stereocenters. The van der Waals surface area contributed by atoms with E-state index >= 15 is 0 Å². The summed E-state index contributed by atoms with van der Waals surface area (Å²) in [7, 11) is 0. The van der Waals surface area contributed by atoms with Crippen LogP contribution in [0.2, 0.25) is 0 Å². The molecule has 0 bridgehead atoms. The summed E-state index contributed by atoms with van der Waals surface area (Å²) in [6.07, 6.45) is 0. The summed E-state index contributed by atoms with van der Waals surface area (Å²) in [5, 5.41) is 2.64. The van der Waals surface area contributed by atoms with Crippen molar-refractivity contribution in [2.75, 3.05) is 13.2 Å². The summed E-state index contributed by atoms with van der Waals surface area (Å²) in [6.45, 7) is 4.04. The van der Waals surface area contributed by atoms with E-state index in [9.17, 15) is 19.2 Å². The van der Waals surface area contributed by atoms with Gasteiger partial charge in [0.25, 0.3) is 5.91 Å². The molecular formula is C21H21NO5. The summed E-state index contributed by atoms with van der Waals surface area (Å²) < 4.78 is 4.94. The Kier molecular flexibility index (Phi) is 7.00. The van der Waals surface area contributed by atoms with E-state index in [1.165, 1.54) is 24.3 Å². The SMILES string of the molecule is CC(C)CNC(=O)COC(=O)c1ccc(C(=O)C(=O)c2ccccc2)cc1. The molecule has 0 atom stereocenters. The monoisotopic (exact) mass is 367 g/mol. The molecule has 1 amide bonds. The van der Waals surface area contributed by atoms with Gasteiger partial charge in [-0.3, -0.25) is 14.4 Å². The van der Waals surface area contributed by atoms with E-state index in [2.05, 4.69) is 5.32 Å². The first kappa shape index (κ1) is 20.0. The molecule has 0 fully saturated rings. The highest BCUT2D eigenvalue weighted by molar-refractivity contribution is 6.49. The maximum atomic E-state index is 12.2. The van der Waals surface area contributed by atoms with Crippen molar-refractivity contribution < 1.29 is 23.9 Å². The van der Waals surface area contributed by atoms with E-state index < -0.39 is 17.5 Å². The van der Waals surface area contributed by atoms with Crippen molar-refractivity contribution in [3.63, 3.8) is 0 Å². The average molecular weight is 367 g/mol. The molecule has 0 aliphatic carbocycles. The number of hydrogen-bond acceptors (Lipinski definition) is 5. The van der Waals surface area contributed by atoms with Crippen molar-refractivity contribution in [2.24, 2.45) is 5.92 Å². The number of nitrogens with one attached hydrogen (secondary N) is 1. The van der Waals surface area contributed by atoms with Gasteiger partial charge in [-0.1, -0.05) is 56.3 Å². The Morgan fingerprint density at radius 3 is 1.89 bits per heavy atom. The smallest absolute Gasteiger partial charge is 0.338 e. The van der Waals surface area contributed by atoms with Crippen LogP contribution in [0, 0.1) is 5.92 Å². The Morgan fingerprint density at radius 1 is 0.815 bits per heavy atom. The lowest BCUT2D eigenvalue weighted by Gasteiger charge is -2.08. The second kappa shape index (κ2) is 9.43. The fourth-order valence-electron chi connectivity index (χ4n) is 2.19. The van der Waals surface area contributed by atoms with Crippen LogP contribution >= 0.6 is 0 Å². The highest BCUT2D eigenvalue weighted by Crippen LogP contribution is 2.10. The zero-order chi connectivity index (χ0) is 19.8. The van der Waals surface area contributed by atoms with Crippen LogP contribution in [0.3, 0.4) is 0 Å². The molecule has 0 aliphatic heterocycles. The fourth-order valence-corrected chi connectivity index (χ4v) is 2.19. The Balaban J connectivity index is 1.94. The third-order valence-corrected chi connectivity index (χ3v) is 3.67. The number of Topliss-reactive ketones (excluding diaryl/α,β-unsaturated/α-hetero) is 2. The molecule has 0 spiro atoms. The van der Waals surface area contributed by atoms with Gasteiger partial charge in [0.05, 0.1) is 5.56 Å². The average Bonchev–Trinajstić information content (AvgIpc) is 2.70. The molecule has 0 aromatic heterocycles. The van der Waals surface area contributed by atoms with Crippen LogP contribution < -0.4 is 5.32 Å². The van der Waals surface area contributed by atoms with Gasteiger partial charge in [-0.2, -0.15) is 0 Å². The third-order valence-electron chi connectivity index (χ3n) is 3.67. The number of ether oxygens (including phenoxy) is 1. The minimum Gasteiger partial charge on any atom is -0.452 e. The predicted octanol–water partition coefficient (Wildman–Crippen LogP) is 2.68. The molecule has 140 valence electrons. The van der Waals surface area contributed by atoms with Crippen LogP contribution in [0.1, 0.15) is 44.9 Å². The van der Waals surface area contributed by atoms with Gasteiger partial charge in [-0.25, -0.2) is 4.79 Å². The maximum absolute atomic E-state index is 12.2. The number of esters is 1. The van der Waals surface area contributed by atoms with E-state index in [4.69, 9.17) is 4.74 Å². The summed E-state index contributed by atoms with van der Waals surface area (Å²) in [5.74, 6) is -2.03. The predicted molar refractivity (Wildman–Crippen MR) is 99.7 cm³/mol. The highest BCUT2D eigenvalue weighted by atomic mass is 16.5. The van der Waals surface area contributed by atoms with Crippen LogP contribution in [-0.4, -0.2) is 36.6 Å². The molecule has 0 radical (unpaired) electrons. The second-order valence-electron chi connectivity index (χ2n) is 6.38. The molecule has 27 heavy (non-hydrogen) atoms. The Bertz CT molecular complexity index is 825. The number of carbonyl (C=O) groups is 4. The Morgan fingerprint density at radius 2 is 1.33 bits per heavy atom. The van der Waals surface area contributed by atoms with E-state index in [0.29, 0.717) is 18.0 Å². The summed E-state index contributed by atoms with van der Waals surface area (Å²) >= 11 is 0. The molecule has 0 saturated carbocycles. The van der Waals surface area contributed by atoms with Gasteiger partial charge >= 0.3 is 5.97 Å². The first-order valence-electron chi connectivity index (χ1n) is 8.56. The Labute approximate surface area is 157 Å². The number of ketones is 2. The van der Waals surface area contributed by atoms with Crippen LogP contribution in [0.15, 0.2) is 54.6 Å². The Hall–Kier alpha value is -3.28. The van der Waals surface area contributed by atoms with Gasteiger partial charge < -0.3 is 10.1 Å². The summed E-state index contributed by atoms with van der Waals surface area (Å²) in [6, 6.07) is 13.8. The van der Waals surface area contributed by atoms with Gasteiger partial charge in [-0.15, -0.1) is 0 Å². The molecule has 0 heterocycles. The quantitative estimate of drug-likeness (QED) is 0.440. The number of amides is 1. The molecule has 6 nitrogen and oxygen atoms in total. The van der Waals surface area contributed by atoms with Gasteiger partial charge in [0, 0.05) is 17.7 Å². The van der Waals surface area contributed by atoms with Gasteiger partial charge in [-0.05, 0) is 18.1 Å². The zero-order valence-electron chi connectivity index (χ0n) is 15.2. The number of hydrogen-bond donors (Lipinski definition) is 1. The molecule has 6 heteroatoms. The summed E-state index contributed by atoms with van der Waals surface area (Å²) in [4.78, 5) is 48.0. The van der Waals surface area contributed by atoms with Crippen molar-refractivity contribution >= 4 is 23.4 Å². The van der Waals surface area contributed by atoms with Gasteiger partial charge in [0.1, 0.15) is 0 Å². The van der Waals surface area contributed by atoms with Crippen molar-refractivity contribution in [3.05, 3.63) is 71.3 Å². The van der Waals surface area contributed by atoms with Gasteiger partial charge in [0.15, 0.2) is 6.61 Å². The lowest BCUT2D eigenvalue weighted by molar-refractivity contribution is -0.124. The fraction of sp³-hybridized carbons (Fsp3) is 0.238. The minimum absolute atomic E-state index is 0.176. The zero-order valence-corrected chi connectivity index (χ0v) is 15.2. The van der Waals surface area contributed by atoms with Crippen LogP contribution in [0.4, 0.5) is 0 Å². The number of benzene rings is 2. The molecule has 2 rings (SSSR count). The van der Waals surface area contributed by atoms with Crippen molar-refractivity contribution in [2.45, 2.75) is 13.8 Å². The normalized spacial score (nSPS) is 10.3. The first-order valence-corrected chi connectivity index (χ1v) is 8.56. The van der Waals surface area contributed by atoms with Gasteiger partial charge in [0.2, 0.25) is 11.6 Å². The highest BCUT2D eigenvalue weighted by Gasteiger charge is 2.18. The standard InChI is InChI=1S/C21H21NO5/c1-14(2)12-22-18(23)13-27-21(26)17-10-8-16(9-11-17)20(25)19(24)15-6-4-3-5-7-15/h3-11,14H,12-13H2,1-2H3,(H,22,23). The van der Waals surface area contributed by atoms with Crippen LogP contribution in [0.25, 0.3) is 0 Å². The second-order valence-corrected chi connectivity index (χ2v) is 6.38. The van der Waals surface area contributed by atoms with E-state index in [-0.39, 0.29) is 23.6 Å². The molecule has 2 aromatic carbocycles. The maximum Gasteiger partial charge on any atom is 0.338 e. The topological polar surface area (TPSA) is 89.5 Å². The number of carbonyl (C=O) groups excluding carboxylic acids is 4. The van der Waals surface area contributed by atoms with E-state index in [1.54, 1.807) is 30.3 Å². The lowest BCUT2D eigenvalue weighted by Crippen LogP contribution is -2.31. The summed E-state index contributed by atoms with van der Waals surface area (Å²) in [5.41, 5.74) is 0.670. The molecule has 0 saturated heterocycles. The van der Waals surface area contributed by atoms with Crippen LogP contribution in [0.5, 0.6) is 0 Å². The molecule has 0 aliphatic rings. The molecular weight excluding hydrogens is 346 g/mol. The molecule has 2 aromatic rings. The first-order chi connectivity index (χ1) is 12.9. The number of rotatable bonds is 8. The molecule has 1 N–H and O–H groups in total.